The molecule has 0 atom stereocenters. The third-order valence-electron chi connectivity index (χ3n) is 1.52. The Hall–Kier alpha value is -0.950. The Balaban J connectivity index is 2.57. The lowest BCUT2D eigenvalue weighted by Crippen LogP contribution is -1.94. The van der Waals surface area contributed by atoms with Gasteiger partial charge in [0, 0.05) is 5.54 Å². The van der Waals surface area contributed by atoms with Crippen LogP contribution in [0.25, 0.3) is 0 Å². The lowest BCUT2D eigenvalue weighted by atomic mass is 10.2. The summed E-state index contributed by atoms with van der Waals surface area (Å²) in [5.74, 6) is 0.910. The van der Waals surface area contributed by atoms with Crippen LogP contribution in [0.5, 0.6) is 5.75 Å². The molecule has 0 aliphatic heterocycles. The summed E-state index contributed by atoms with van der Waals surface area (Å²) in [4.78, 5) is 0. The summed E-state index contributed by atoms with van der Waals surface area (Å²) in [5, 5.41) is 0. The van der Waals surface area contributed by atoms with Gasteiger partial charge in [-0.05, 0) is 24.6 Å². The third-order valence-corrected chi connectivity index (χ3v) is 1.70. The Morgan fingerprint density at radius 2 is 2.17 bits per heavy atom. The largest absolute Gasteiger partial charge is 0.489 e. The smallest absolute Gasteiger partial charge is 0.122 e. The number of aryl methyl sites for hydroxylation is 1. The van der Waals surface area contributed by atoms with Crippen LogP contribution in [-0.4, -0.2) is 6.61 Å². The zero-order valence-electron chi connectivity index (χ0n) is 6.96. The fraction of sp³-hybridized carbons (Fsp3) is 0.200. The van der Waals surface area contributed by atoms with Crippen LogP contribution in [0.2, 0.25) is 0 Å². The second kappa shape index (κ2) is 4.83. The van der Waals surface area contributed by atoms with Crippen molar-refractivity contribution in [1.29, 1.82) is 0 Å². The zero-order valence-corrected chi connectivity index (χ0v) is 7.71. The van der Waals surface area contributed by atoms with Gasteiger partial charge in [-0.2, -0.15) is 0 Å². The Bertz CT molecular complexity index is 268. The van der Waals surface area contributed by atoms with Gasteiger partial charge in [-0.25, -0.2) is 0 Å². The van der Waals surface area contributed by atoms with Crippen molar-refractivity contribution in [3.8, 4) is 5.75 Å². The molecule has 0 bridgehead atoms. The van der Waals surface area contributed by atoms with E-state index in [0.29, 0.717) is 6.61 Å². The minimum absolute atomic E-state index is 0.522. The van der Waals surface area contributed by atoms with Gasteiger partial charge in [0.05, 0.1) is 0 Å². The maximum Gasteiger partial charge on any atom is 0.122 e. The quantitative estimate of drug-likeness (QED) is 0.698. The van der Waals surface area contributed by atoms with E-state index in [2.05, 4.69) is 0 Å². The van der Waals surface area contributed by atoms with Crippen LogP contribution >= 0.6 is 11.6 Å². The fourth-order valence-corrected chi connectivity index (χ4v) is 0.965. The Morgan fingerprint density at radius 1 is 1.42 bits per heavy atom. The predicted molar refractivity (Wildman–Crippen MR) is 51.7 cm³/mol. The average molecular weight is 183 g/mol. The van der Waals surface area contributed by atoms with Crippen molar-refractivity contribution in [1.82, 2.24) is 0 Å². The van der Waals surface area contributed by atoms with Crippen LogP contribution in [0.4, 0.5) is 0 Å². The molecule has 12 heavy (non-hydrogen) atoms. The van der Waals surface area contributed by atoms with Crippen molar-refractivity contribution >= 4 is 11.6 Å². The topological polar surface area (TPSA) is 9.23 Å². The molecule has 64 valence electrons. The van der Waals surface area contributed by atoms with E-state index in [0.717, 1.165) is 11.3 Å². The summed E-state index contributed by atoms with van der Waals surface area (Å²) in [5.41, 5.74) is 2.60. The molecule has 0 saturated carbocycles. The van der Waals surface area contributed by atoms with Gasteiger partial charge in [-0.1, -0.05) is 29.8 Å². The van der Waals surface area contributed by atoms with Crippen molar-refractivity contribution in [3.05, 3.63) is 41.4 Å². The van der Waals surface area contributed by atoms with Gasteiger partial charge in [0.15, 0.2) is 0 Å². The van der Waals surface area contributed by atoms with Crippen LogP contribution in [0.3, 0.4) is 0 Å². The second-order valence-corrected chi connectivity index (χ2v) is 2.69. The van der Waals surface area contributed by atoms with Crippen LogP contribution in [-0.2, 0) is 0 Å². The van der Waals surface area contributed by atoms with Gasteiger partial charge in [0.25, 0.3) is 0 Å². The highest BCUT2D eigenvalue weighted by Gasteiger charge is 1.94. The fourth-order valence-electron chi connectivity index (χ4n) is 0.893. The van der Waals surface area contributed by atoms with Gasteiger partial charge in [-0.3, -0.25) is 0 Å². The van der Waals surface area contributed by atoms with E-state index in [-0.39, 0.29) is 0 Å². The first-order chi connectivity index (χ1) is 5.84. The van der Waals surface area contributed by atoms with Gasteiger partial charge in [-0.15, -0.1) is 0 Å². The van der Waals surface area contributed by atoms with Gasteiger partial charge < -0.3 is 4.74 Å². The molecule has 0 N–H and O–H groups in total. The first-order valence-corrected chi connectivity index (χ1v) is 4.22. The molecule has 0 radical (unpaired) electrons. The summed E-state index contributed by atoms with van der Waals surface area (Å²) in [6.07, 6.45) is 1.76. The summed E-state index contributed by atoms with van der Waals surface area (Å²) < 4.78 is 5.41. The maximum atomic E-state index is 5.41. The predicted octanol–water partition coefficient (Wildman–Crippen LogP) is 3.13. The molecule has 0 unspecified atom stereocenters. The summed E-state index contributed by atoms with van der Waals surface area (Å²) in [6, 6.07) is 7.89. The first-order valence-electron chi connectivity index (χ1n) is 3.78. The normalized spacial score (nSPS) is 10.5. The molecule has 0 aliphatic carbocycles. The molecule has 0 amide bonds. The zero-order chi connectivity index (χ0) is 8.81. The molecule has 0 saturated heterocycles. The molecule has 0 fully saturated rings. The molecule has 0 spiro atoms. The number of hydrogen-bond donors (Lipinski definition) is 0. The standard InChI is InChI=1S/C10H11ClO/c1-9-5-2-3-6-10(9)12-8-4-7-11/h2-7H,8H2,1H3. The molecule has 1 aromatic rings. The van der Waals surface area contributed by atoms with Gasteiger partial charge >= 0.3 is 0 Å². The minimum atomic E-state index is 0.522. The molecule has 2 heteroatoms. The average Bonchev–Trinajstić information content (AvgIpc) is 2.09. The number of para-hydroxylation sites is 1. The molecule has 1 nitrogen and oxygen atoms in total. The maximum absolute atomic E-state index is 5.41. The number of hydrogen-bond acceptors (Lipinski definition) is 1. The molecule has 0 aliphatic rings. The molecule has 0 heterocycles. The Morgan fingerprint density at radius 3 is 2.83 bits per heavy atom. The van der Waals surface area contributed by atoms with Crippen molar-refractivity contribution in [3.63, 3.8) is 0 Å². The van der Waals surface area contributed by atoms with E-state index in [1.54, 1.807) is 6.08 Å². The van der Waals surface area contributed by atoms with Gasteiger partial charge in [0.2, 0.25) is 0 Å². The van der Waals surface area contributed by atoms with E-state index in [9.17, 15) is 0 Å². The lowest BCUT2D eigenvalue weighted by Gasteiger charge is -2.05. The van der Waals surface area contributed by atoms with Crippen LogP contribution in [0.1, 0.15) is 5.56 Å². The molecule has 1 rings (SSSR count). The van der Waals surface area contributed by atoms with E-state index < -0.39 is 0 Å². The summed E-state index contributed by atoms with van der Waals surface area (Å²) in [7, 11) is 0. The Kier molecular flexibility index (Phi) is 3.68. The van der Waals surface area contributed by atoms with E-state index >= 15 is 0 Å². The van der Waals surface area contributed by atoms with E-state index in [1.165, 1.54) is 5.54 Å². The number of benzene rings is 1. The van der Waals surface area contributed by atoms with Crippen LogP contribution in [0.15, 0.2) is 35.9 Å². The molecular formula is C10H11ClO. The highest BCUT2D eigenvalue weighted by Crippen LogP contribution is 2.15. The van der Waals surface area contributed by atoms with E-state index in [1.807, 2.05) is 31.2 Å². The lowest BCUT2D eigenvalue weighted by molar-refractivity contribution is 0.360. The summed E-state index contributed by atoms with van der Waals surface area (Å²) >= 11 is 5.35. The van der Waals surface area contributed by atoms with Gasteiger partial charge in [0.1, 0.15) is 12.4 Å². The Labute approximate surface area is 77.6 Å². The van der Waals surface area contributed by atoms with Crippen molar-refractivity contribution in [2.45, 2.75) is 6.92 Å². The summed E-state index contributed by atoms with van der Waals surface area (Å²) in [6.45, 7) is 2.54. The number of halogens is 1. The van der Waals surface area contributed by atoms with Crippen molar-refractivity contribution in [2.24, 2.45) is 0 Å². The van der Waals surface area contributed by atoms with Crippen molar-refractivity contribution in [2.75, 3.05) is 6.61 Å². The first kappa shape index (κ1) is 9.14. The molecule has 0 aromatic heterocycles. The highest BCUT2D eigenvalue weighted by atomic mass is 35.5. The monoisotopic (exact) mass is 182 g/mol. The van der Waals surface area contributed by atoms with Crippen molar-refractivity contribution < 1.29 is 4.74 Å². The second-order valence-electron chi connectivity index (χ2n) is 2.44. The van der Waals surface area contributed by atoms with Crippen LogP contribution < -0.4 is 4.74 Å². The SMILES string of the molecule is Cc1ccccc1OCC=CCl. The highest BCUT2D eigenvalue weighted by molar-refractivity contribution is 6.25. The number of ether oxygens (including phenoxy) is 1. The van der Waals surface area contributed by atoms with E-state index in [4.69, 9.17) is 16.3 Å². The third kappa shape index (κ3) is 2.59. The molecule has 1 aromatic carbocycles. The minimum Gasteiger partial charge on any atom is -0.489 e. The molecular weight excluding hydrogens is 172 g/mol. The number of rotatable bonds is 3. The van der Waals surface area contributed by atoms with Crippen LogP contribution in [0, 0.1) is 6.92 Å².